The molecule has 5 heteroatoms. The first kappa shape index (κ1) is 13.9. The third-order valence-corrected chi connectivity index (χ3v) is 5.01. The van der Waals surface area contributed by atoms with Crippen molar-refractivity contribution in [2.24, 2.45) is 0 Å². The smallest absolute Gasteiger partial charge is 0.230 e. The summed E-state index contributed by atoms with van der Waals surface area (Å²) < 4.78 is 5.56. The van der Waals surface area contributed by atoms with Gasteiger partial charge in [0.2, 0.25) is 5.91 Å². The van der Waals surface area contributed by atoms with Gasteiger partial charge in [0, 0.05) is 17.2 Å². The molecule has 1 aliphatic heterocycles. The molecule has 1 saturated heterocycles. The van der Waals surface area contributed by atoms with Gasteiger partial charge in [-0.1, -0.05) is 6.07 Å². The number of thiophene rings is 1. The summed E-state index contributed by atoms with van der Waals surface area (Å²) in [4.78, 5) is 13.1. The maximum atomic E-state index is 11.8. The minimum Gasteiger partial charge on any atom is -0.376 e. The van der Waals surface area contributed by atoms with E-state index in [1.165, 1.54) is 4.88 Å². The number of amides is 1. The predicted octanol–water partition coefficient (Wildman–Crippen LogP) is 2.67. The highest BCUT2D eigenvalue weighted by atomic mass is 32.2. The average Bonchev–Trinajstić information content (AvgIpc) is 3.02. The van der Waals surface area contributed by atoms with Crippen molar-refractivity contribution in [3.63, 3.8) is 0 Å². The summed E-state index contributed by atoms with van der Waals surface area (Å²) in [6.45, 7) is 2.86. The van der Waals surface area contributed by atoms with Crippen LogP contribution in [0.5, 0.6) is 0 Å². The molecule has 2 heterocycles. The molecular weight excluding hydrogens is 266 g/mol. The SMILES string of the molecule is C[C@@H](NC(=O)CSCc1cccs1)[C@@H]1CCCO1. The van der Waals surface area contributed by atoms with Gasteiger partial charge in [-0.05, 0) is 31.2 Å². The lowest BCUT2D eigenvalue weighted by molar-refractivity contribution is -0.120. The molecule has 2 rings (SSSR count). The van der Waals surface area contributed by atoms with Crippen molar-refractivity contribution in [1.29, 1.82) is 0 Å². The van der Waals surface area contributed by atoms with E-state index in [0.29, 0.717) is 5.75 Å². The Labute approximate surface area is 116 Å². The first-order valence-electron chi connectivity index (χ1n) is 6.27. The third kappa shape index (κ3) is 4.30. The van der Waals surface area contributed by atoms with Crippen LogP contribution in [-0.2, 0) is 15.3 Å². The van der Waals surface area contributed by atoms with Crippen LogP contribution in [0, 0.1) is 0 Å². The molecule has 1 aromatic heterocycles. The molecule has 0 saturated carbocycles. The van der Waals surface area contributed by atoms with E-state index in [1.54, 1.807) is 23.1 Å². The standard InChI is InChI=1S/C13H19NO2S2/c1-10(12-5-2-6-16-12)14-13(15)9-17-8-11-4-3-7-18-11/h3-4,7,10,12H,2,5-6,8-9H2,1H3,(H,14,15)/t10-,12+/m1/s1. The summed E-state index contributed by atoms with van der Waals surface area (Å²) in [5.74, 6) is 1.55. The molecule has 1 aromatic rings. The lowest BCUT2D eigenvalue weighted by atomic mass is 10.1. The Balaban J connectivity index is 1.62. The van der Waals surface area contributed by atoms with Crippen LogP contribution in [0.15, 0.2) is 17.5 Å². The first-order chi connectivity index (χ1) is 8.75. The molecule has 1 aliphatic rings. The number of nitrogens with one attached hydrogen (secondary N) is 1. The Morgan fingerprint density at radius 3 is 3.28 bits per heavy atom. The molecule has 3 nitrogen and oxygen atoms in total. The molecule has 1 N–H and O–H groups in total. The van der Waals surface area contributed by atoms with Gasteiger partial charge >= 0.3 is 0 Å². The Bertz CT molecular complexity index is 361. The van der Waals surface area contributed by atoms with Crippen LogP contribution in [0.2, 0.25) is 0 Å². The van der Waals surface area contributed by atoms with Gasteiger partial charge < -0.3 is 10.1 Å². The van der Waals surface area contributed by atoms with Gasteiger partial charge in [-0.2, -0.15) is 0 Å². The van der Waals surface area contributed by atoms with Gasteiger partial charge in [-0.15, -0.1) is 23.1 Å². The van der Waals surface area contributed by atoms with Crippen molar-refractivity contribution in [2.75, 3.05) is 12.4 Å². The zero-order valence-electron chi connectivity index (χ0n) is 10.6. The summed E-state index contributed by atoms with van der Waals surface area (Å²) in [7, 11) is 0. The van der Waals surface area contributed by atoms with E-state index in [4.69, 9.17) is 4.74 Å². The largest absolute Gasteiger partial charge is 0.376 e. The fourth-order valence-electron chi connectivity index (χ4n) is 2.02. The van der Waals surface area contributed by atoms with Crippen LogP contribution < -0.4 is 5.32 Å². The fourth-order valence-corrected chi connectivity index (χ4v) is 3.70. The molecule has 1 fully saturated rings. The van der Waals surface area contributed by atoms with Crippen molar-refractivity contribution < 1.29 is 9.53 Å². The molecule has 0 unspecified atom stereocenters. The highest BCUT2D eigenvalue weighted by molar-refractivity contribution is 7.99. The number of ether oxygens (including phenoxy) is 1. The second kappa shape index (κ2) is 7.16. The van der Waals surface area contributed by atoms with E-state index >= 15 is 0 Å². The highest BCUT2D eigenvalue weighted by Crippen LogP contribution is 2.18. The lowest BCUT2D eigenvalue weighted by Gasteiger charge is -2.19. The van der Waals surface area contributed by atoms with Crippen molar-refractivity contribution in [2.45, 2.75) is 37.7 Å². The van der Waals surface area contributed by atoms with Crippen molar-refractivity contribution in [3.05, 3.63) is 22.4 Å². The number of carbonyl (C=O) groups is 1. The maximum Gasteiger partial charge on any atom is 0.230 e. The minimum atomic E-state index is 0.111. The molecule has 1 amide bonds. The fraction of sp³-hybridized carbons (Fsp3) is 0.615. The van der Waals surface area contributed by atoms with Crippen LogP contribution in [0.25, 0.3) is 0 Å². The monoisotopic (exact) mass is 285 g/mol. The first-order valence-corrected chi connectivity index (χ1v) is 8.30. The molecule has 0 aromatic carbocycles. The number of rotatable bonds is 6. The van der Waals surface area contributed by atoms with Gasteiger partial charge in [-0.3, -0.25) is 4.79 Å². The van der Waals surface area contributed by atoms with Crippen LogP contribution in [0.4, 0.5) is 0 Å². The Hall–Kier alpha value is -0.520. The van der Waals surface area contributed by atoms with E-state index < -0.39 is 0 Å². The second-order valence-electron chi connectivity index (χ2n) is 4.48. The molecule has 2 atom stereocenters. The maximum absolute atomic E-state index is 11.8. The van der Waals surface area contributed by atoms with Gasteiger partial charge in [0.25, 0.3) is 0 Å². The molecule has 0 aliphatic carbocycles. The zero-order valence-corrected chi connectivity index (χ0v) is 12.2. The predicted molar refractivity (Wildman–Crippen MR) is 77.1 cm³/mol. The van der Waals surface area contributed by atoms with Crippen LogP contribution in [0.1, 0.15) is 24.6 Å². The van der Waals surface area contributed by atoms with E-state index in [2.05, 4.69) is 16.8 Å². The normalized spacial score (nSPS) is 20.8. The van der Waals surface area contributed by atoms with Crippen molar-refractivity contribution in [3.8, 4) is 0 Å². The molecule has 0 radical (unpaired) electrons. The third-order valence-electron chi connectivity index (χ3n) is 2.97. The van der Waals surface area contributed by atoms with Gasteiger partial charge in [-0.25, -0.2) is 0 Å². The van der Waals surface area contributed by atoms with Crippen LogP contribution in [0.3, 0.4) is 0 Å². The van der Waals surface area contributed by atoms with E-state index in [1.807, 2.05) is 13.0 Å². The van der Waals surface area contributed by atoms with Gasteiger partial charge in [0.1, 0.15) is 0 Å². The molecule has 0 spiro atoms. The molecule has 0 bridgehead atoms. The van der Waals surface area contributed by atoms with E-state index in [9.17, 15) is 4.79 Å². The Morgan fingerprint density at radius 1 is 1.72 bits per heavy atom. The van der Waals surface area contributed by atoms with Crippen LogP contribution >= 0.6 is 23.1 Å². The summed E-state index contributed by atoms with van der Waals surface area (Å²) in [6, 6.07) is 4.27. The highest BCUT2D eigenvalue weighted by Gasteiger charge is 2.23. The minimum absolute atomic E-state index is 0.111. The number of carbonyl (C=O) groups excluding carboxylic acids is 1. The lowest BCUT2D eigenvalue weighted by Crippen LogP contribution is -2.41. The van der Waals surface area contributed by atoms with Gasteiger partial charge in [0.15, 0.2) is 0 Å². The topological polar surface area (TPSA) is 38.3 Å². The van der Waals surface area contributed by atoms with E-state index in [-0.39, 0.29) is 18.1 Å². The number of hydrogen-bond donors (Lipinski definition) is 1. The quantitative estimate of drug-likeness (QED) is 0.873. The van der Waals surface area contributed by atoms with Crippen LogP contribution in [-0.4, -0.2) is 30.4 Å². The van der Waals surface area contributed by atoms with Gasteiger partial charge in [0.05, 0.1) is 17.9 Å². The summed E-state index contributed by atoms with van der Waals surface area (Å²) in [6.07, 6.45) is 2.37. The number of thioether (sulfide) groups is 1. The summed E-state index contributed by atoms with van der Waals surface area (Å²) in [5.41, 5.74) is 0. The summed E-state index contributed by atoms with van der Waals surface area (Å²) in [5, 5.41) is 5.09. The Morgan fingerprint density at radius 2 is 2.61 bits per heavy atom. The average molecular weight is 285 g/mol. The molecule has 18 heavy (non-hydrogen) atoms. The zero-order chi connectivity index (χ0) is 12.8. The van der Waals surface area contributed by atoms with Crippen molar-refractivity contribution in [1.82, 2.24) is 5.32 Å². The Kier molecular flexibility index (Phi) is 5.53. The molecule has 100 valence electrons. The molecular formula is C13H19NO2S2. The second-order valence-corrected chi connectivity index (χ2v) is 6.50. The van der Waals surface area contributed by atoms with E-state index in [0.717, 1.165) is 25.2 Å². The summed E-state index contributed by atoms with van der Waals surface area (Å²) >= 11 is 3.40. The van der Waals surface area contributed by atoms with Crippen molar-refractivity contribution >= 4 is 29.0 Å². The number of hydrogen-bond acceptors (Lipinski definition) is 4.